The van der Waals surface area contributed by atoms with Gasteiger partial charge in [-0.2, -0.15) is 0 Å². The number of hydrogen-bond acceptors (Lipinski definition) is 6. The van der Waals surface area contributed by atoms with Gasteiger partial charge in [0.25, 0.3) is 0 Å². The number of hydrogen-bond donors (Lipinski definition) is 3. The van der Waals surface area contributed by atoms with E-state index < -0.39 is 24.0 Å². The van der Waals surface area contributed by atoms with Gasteiger partial charge in [-0.05, 0) is 28.2 Å². The molecule has 1 atom stereocenters. The molecule has 0 saturated carbocycles. The Hall–Kier alpha value is -4.21. The molecule has 182 valence electrons. The molecule has 10 heteroatoms. The van der Waals surface area contributed by atoms with Crippen LogP contribution in [-0.2, 0) is 27.4 Å². The topological polar surface area (TPSA) is 135 Å². The number of alkyl carbamates (subject to hydrolysis) is 1. The number of aliphatic carboxylic acids is 1. The second-order valence-corrected chi connectivity index (χ2v) is 8.71. The Morgan fingerprint density at radius 1 is 1.06 bits per heavy atom. The van der Waals surface area contributed by atoms with Gasteiger partial charge in [0.1, 0.15) is 24.9 Å². The van der Waals surface area contributed by atoms with Gasteiger partial charge >= 0.3 is 12.1 Å². The van der Waals surface area contributed by atoms with E-state index in [1.54, 1.807) is 0 Å². The van der Waals surface area contributed by atoms with Gasteiger partial charge in [0, 0.05) is 5.92 Å². The molecule has 0 aliphatic heterocycles. The van der Waals surface area contributed by atoms with Crippen LogP contribution >= 0.6 is 0 Å². The van der Waals surface area contributed by atoms with E-state index in [2.05, 4.69) is 33.1 Å². The number of aromatic nitrogens is 3. The largest absolute Gasteiger partial charge is 0.480 e. The van der Waals surface area contributed by atoms with E-state index in [9.17, 15) is 14.4 Å². The third-order valence-electron chi connectivity index (χ3n) is 5.89. The lowest BCUT2D eigenvalue weighted by molar-refractivity contribution is -0.138. The molecule has 2 amide bonds. The van der Waals surface area contributed by atoms with Crippen molar-refractivity contribution in [1.29, 1.82) is 0 Å². The molecule has 1 unspecified atom stereocenters. The summed E-state index contributed by atoms with van der Waals surface area (Å²) in [4.78, 5) is 36.1. The number of carbonyl (C=O) groups is 3. The molecule has 0 bridgehead atoms. The number of amides is 2. The SMILES string of the molecule is CC(C)C(NC(=O)OCC1c2ccccc2-c2ccccc21)C(=O)NCc1cn(CC(=O)O)nn1. The maximum atomic E-state index is 12.7. The molecule has 0 fully saturated rings. The van der Waals surface area contributed by atoms with Crippen LogP contribution in [0.25, 0.3) is 11.1 Å². The number of rotatable bonds is 9. The van der Waals surface area contributed by atoms with Crippen molar-refractivity contribution in [3.63, 3.8) is 0 Å². The number of nitrogens with one attached hydrogen (secondary N) is 2. The molecule has 0 spiro atoms. The van der Waals surface area contributed by atoms with Gasteiger partial charge in [-0.1, -0.05) is 67.6 Å². The number of carbonyl (C=O) groups excluding carboxylic acids is 2. The molecule has 1 heterocycles. The number of carboxylic acids is 1. The summed E-state index contributed by atoms with van der Waals surface area (Å²) < 4.78 is 6.73. The van der Waals surface area contributed by atoms with Gasteiger partial charge in [0.2, 0.25) is 5.91 Å². The van der Waals surface area contributed by atoms with Crippen molar-refractivity contribution in [3.05, 3.63) is 71.5 Å². The fourth-order valence-corrected chi connectivity index (χ4v) is 4.23. The number of nitrogens with zero attached hydrogens (tertiary/aromatic N) is 3. The fourth-order valence-electron chi connectivity index (χ4n) is 4.23. The first-order chi connectivity index (χ1) is 16.8. The molecule has 4 rings (SSSR count). The molecule has 1 aliphatic rings. The summed E-state index contributed by atoms with van der Waals surface area (Å²) in [7, 11) is 0. The van der Waals surface area contributed by atoms with Crippen LogP contribution in [-0.4, -0.2) is 50.7 Å². The zero-order valence-electron chi connectivity index (χ0n) is 19.5. The van der Waals surface area contributed by atoms with Gasteiger partial charge in [0.05, 0.1) is 12.7 Å². The Bertz CT molecular complexity index is 1190. The van der Waals surface area contributed by atoms with Crippen LogP contribution in [0, 0.1) is 5.92 Å². The third kappa shape index (κ3) is 5.48. The highest BCUT2D eigenvalue weighted by atomic mass is 16.5. The van der Waals surface area contributed by atoms with Crippen molar-refractivity contribution in [2.45, 2.75) is 38.9 Å². The van der Waals surface area contributed by atoms with Crippen molar-refractivity contribution in [3.8, 4) is 11.1 Å². The Balaban J connectivity index is 1.34. The van der Waals surface area contributed by atoms with Crippen LogP contribution in [0.5, 0.6) is 0 Å². The van der Waals surface area contributed by atoms with E-state index in [0.717, 1.165) is 22.3 Å². The number of benzene rings is 2. The Morgan fingerprint density at radius 3 is 2.29 bits per heavy atom. The van der Waals surface area contributed by atoms with E-state index in [0.29, 0.717) is 5.69 Å². The van der Waals surface area contributed by atoms with E-state index in [1.165, 1.54) is 10.9 Å². The number of ether oxygens (including phenoxy) is 1. The second-order valence-electron chi connectivity index (χ2n) is 8.71. The minimum atomic E-state index is -1.04. The minimum Gasteiger partial charge on any atom is -0.480 e. The van der Waals surface area contributed by atoms with E-state index in [-0.39, 0.29) is 31.5 Å². The Kier molecular flexibility index (Phi) is 7.09. The van der Waals surface area contributed by atoms with E-state index >= 15 is 0 Å². The molecule has 35 heavy (non-hydrogen) atoms. The minimum absolute atomic E-state index is 0.0496. The standard InChI is InChI=1S/C25H27N5O5/c1-15(2)23(24(33)26-11-16-12-30(29-28-16)13-22(31)32)27-25(34)35-14-21-19-9-5-3-7-17(19)18-8-4-6-10-20(18)21/h3-10,12,15,21,23H,11,13-14H2,1-2H3,(H,26,33)(H,27,34)(H,31,32). The monoisotopic (exact) mass is 477 g/mol. The van der Waals surface area contributed by atoms with Gasteiger partial charge in [-0.15, -0.1) is 5.10 Å². The second kappa shape index (κ2) is 10.4. The molecular formula is C25H27N5O5. The average molecular weight is 478 g/mol. The van der Waals surface area contributed by atoms with Crippen LogP contribution in [0.3, 0.4) is 0 Å². The molecule has 0 radical (unpaired) electrons. The predicted octanol–water partition coefficient (Wildman–Crippen LogP) is 2.54. The lowest BCUT2D eigenvalue weighted by atomic mass is 9.98. The van der Waals surface area contributed by atoms with Crippen LogP contribution in [0.2, 0.25) is 0 Å². The summed E-state index contributed by atoms with van der Waals surface area (Å²) in [5, 5.41) is 21.7. The lowest BCUT2D eigenvalue weighted by Crippen LogP contribution is -2.49. The summed E-state index contributed by atoms with van der Waals surface area (Å²) in [6.07, 6.45) is 0.769. The van der Waals surface area contributed by atoms with Crippen molar-refractivity contribution >= 4 is 18.0 Å². The van der Waals surface area contributed by atoms with Gasteiger partial charge < -0.3 is 20.5 Å². The maximum Gasteiger partial charge on any atom is 0.407 e. The molecular weight excluding hydrogens is 450 g/mol. The quantitative estimate of drug-likeness (QED) is 0.431. The highest BCUT2D eigenvalue weighted by Gasteiger charge is 2.30. The maximum absolute atomic E-state index is 12.7. The summed E-state index contributed by atoms with van der Waals surface area (Å²) in [6, 6.07) is 15.3. The van der Waals surface area contributed by atoms with Gasteiger partial charge in [-0.3, -0.25) is 9.59 Å². The highest BCUT2D eigenvalue weighted by Crippen LogP contribution is 2.44. The lowest BCUT2D eigenvalue weighted by Gasteiger charge is -2.22. The fraction of sp³-hybridized carbons (Fsp3) is 0.320. The first-order valence-electron chi connectivity index (χ1n) is 11.3. The molecule has 0 saturated heterocycles. The Morgan fingerprint density at radius 2 is 1.69 bits per heavy atom. The Labute approximate surface area is 202 Å². The highest BCUT2D eigenvalue weighted by molar-refractivity contribution is 5.86. The molecule has 3 aromatic rings. The van der Waals surface area contributed by atoms with Crippen LogP contribution in [0.1, 0.15) is 36.6 Å². The molecule has 1 aromatic heterocycles. The summed E-state index contributed by atoms with van der Waals surface area (Å²) in [5.74, 6) is -1.72. The van der Waals surface area contributed by atoms with Gasteiger partial charge in [-0.25, -0.2) is 9.48 Å². The molecule has 10 nitrogen and oxygen atoms in total. The first kappa shape index (κ1) is 23.9. The zero-order chi connectivity index (χ0) is 24.9. The van der Waals surface area contributed by atoms with Crippen LogP contribution in [0.15, 0.2) is 54.7 Å². The van der Waals surface area contributed by atoms with Crippen molar-refractivity contribution < 1.29 is 24.2 Å². The molecule has 2 aromatic carbocycles. The summed E-state index contributed by atoms with van der Waals surface area (Å²) in [5.41, 5.74) is 4.89. The summed E-state index contributed by atoms with van der Waals surface area (Å²) in [6.45, 7) is 3.51. The van der Waals surface area contributed by atoms with E-state index in [4.69, 9.17) is 9.84 Å². The zero-order valence-corrected chi connectivity index (χ0v) is 19.5. The number of fused-ring (bicyclic) bond motifs is 3. The first-order valence-corrected chi connectivity index (χ1v) is 11.3. The van der Waals surface area contributed by atoms with Crippen LogP contribution in [0.4, 0.5) is 4.79 Å². The average Bonchev–Trinajstić information content (AvgIpc) is 3.41. The van der Waals surface area contributed by atoms with Crippen molar-refractivity contribution in [2.75, 3.05) is 6.61 Å². The van der Waals surface area contributed by atoms with E-state index in [1.807, 2.05) is 50.2 Å². The molecule has 3 N–H and O–H groups in total. The summed E-state index contributed by atoms with van der Waals surface area (Å²) >= 11 is 0. The van der Waals surface area contributed by atoms with Gasteiger partial charge in [0.15, 0.2) is 0 Å². The number of carboxylic acid groups (broad SMARTS) is 1. The normalized spacial score (nSPS) is 13.1. The van der Waals surface area contributed by atoms with Crippen molar-refractivity contribution in [2.24, 2.45) is 5.92 Å². The molecule has 1 aliphatic carbocycles. The van der Waals surface area contributed by atoms with Crippen molar-refractivity contribution in [1.82, 2.24) is 25.6 Å². The smallest absolute Gasteiger partial charge is 0.407 e. The third-order valence-corrected chi connectivity index (χ3v) is 5.89. The van der Waals surface area contributed by atoms with Crippen LogP contribution < -0.4 is 10.6 Å². The predicted molar refractivity (Wildman–Crippen MR) is 126 cm³/mol.